The minimum atomic E-state index is 0.0404. The molecule has 0 saturated carbocycles. The van der Waals surface area contributed by atoms with Crippen molar-refractivity contribution in [2.45, 2.75) is 18.9 Å². The summed E-state index contributed by atoms with van der Waals surface area (Å²) in [4.78, 5) is 18.5. The lowest BCUT2D eigenvalue weighted by atomic mass is 9.94. The van der Waals surface area contributed by atoms with E-state index in [2.05, 4.69) is 26.2 Å². The van der Waals surface area contributed by atoms with Gasteiger partial charge in [0, 0.05) is 29.8 Å². The molecule has 4 nitrogen and oxygen atoms in total. The van der Waals surface area contributed by atoms with Crippen LogP contribution in [0.15, 0.2) is 22.8 Å². The summed E-state index contributed by atoms with van der Waals surface area (Å²) >= 11 is 3.40. The molecule has 0 unspecified atom stereocenters. The fourth-order valence-electron chi connectivity index (χ4n) is 2.91. The maximum absolute atomic E-state index is 12.4. The van der Waals surface area contributed by atoms with Gasteiger partial charge in [-0.15, -0.1) is 0 Å². The van der Waals surface area contributed by atoms with Crippen molar-refractivity contribution in [3.63, 3.8) is 0 Å². The number of nitrogens with one attached hydrogen (secondary N) is 1. The maximum atomic E-state index is 12.4. The van der Waals surface area contributed by atoms with Crippen LogP contribution in [0.25, 0.3) is 0 Å². The lowest BCUT2D eigenvalue weighted by Gasteiger charge is -2.24. The molecule has 0 aliphatic carbocycles. The van der Waals surface area contributed by atoms with Crippen LogP contribution in [0.5, 0.6) is 0 Å². The average molecular weight is 310 g/mol. The molecule has 96 valence electrons. The van der Waals surface area contributed by atoms with Crippen molar-refractivity contribution in [1.29, 1.82) is 0 Å². The van der Waals surface area contributed by atoms with Gasteiger partial charge in [0.2, 0.25) is 0 Å². The van der Waals surface area contributed by atoms with Gasteiger partial charge in [-0.3, -0.25) is 4.79 Å². The van der Waals surface area contributed by atoms with E-state index in [0.717, 1.165) is 24.1 Å². The monoisotopic (exact) mass is 309 g/mol. The number of rotatable bonds is 1. The summed E-state index contributed by atoms with van der Waals surface area (Å²) in [6.45, 7) is 2.75. The Morgan fingerprint density at radius 1 is 1.50 bits per heavy atom. The first-order chi connectivity index (χ1) is 8.75. The van der Waals surface area contributed by atoms with Crippen LogP contribution in [-0.2, 0) is 0 Å². The number of halogens is 1. The SMILES string of the molecule is O=C(c1ncccc1Br)N1C[C@@H]2CCCN[C@@H]2C1. The number of carbonyl (C=O) groups excluding carboxylic acids is 1. The third-order valence-corrected chi connectivity index (χ3v) is 4.49. The molecular formula is C13H16BrN3O. The third-order valence-electron chi connectivity index (χ3n) is 3.85. The molecule has 1 amide bonds. The Morgan fingerprint density at radius 2 is 2.39 bits per heavy atom. The molecule has 1 N–H and O–H groups in total. The number of likely N-dealkylation sites (tertiary alicyclic amines) is 1. The smallest absolute Gasteiger partial charge is 0.273 e. The Balaban J connectivity index is 1.76. The van der Waals surface area contributed by atoms with Gasteiger partial charge in [0.15, 0.2) is 0 Å². The Morgan fingerprint density at radius 3 is 3.17 bits per heavy atom. The van der Waals surface area contributed by atoms with Gasteiger partial charge in [0.1, 0.15) is 5.69 Å². The summed E-state index contributed by atoms with van der Waals surface area (Å²) in [7, 11) is 0. The summed E-state index contributed by atoms with van der Waals surface area (Å²) < 4.78 is 0.776. The van der Waals surface area contributed by atoms with Crippen molar-refractivity contribution in [2.75, 3.05) is 19.6 Å². The van der Waals surface area contributed by atoms with Crippen LogP contribution >= 0.6 is 15.9 Å². The number of aromatic nitrogens is 1. The summed E-state index contributed by atoms with van der Waals surface area (Å²) in [6, 6.07) is 4.17. The Hall–Kier alpha value is -0.940. The van der Waals surface area contributed by atoms with E-state index < -0.39 is 0 Å². The number of hydrogen-bond acceptors (Lipinski definition) is 3. The van der Waals surface area contributed by atoms with Crippen molar-refractivity contribution >= 4 is 21.8 Å². The molecule has 0 radical (unpaired) electrons. The normalized spacial score (nSPS) is 27.1. The number of piperidine rings is 1. The van der Waals surface area contributed by atoms with Crippen LogP contribution in [0.2, 0.25) is 0 Å². The first kappa shape index (κ1) is 12.1. The summed E-state index contributed by atoms with van der Waals surface area (Å²) in [5, 5.41) is 3.51. The van der Waals surface area contributed by atoms with E-state index in [0.29, 0.717) is 17.7 Å². The average Bonchev–Trinajstić information content (AvgIpc) is 2.82. The molecular weight excluding hydrogens is 294 g/mol. The number of carbonyl (C=O) groups is 1. The fourth-order valence-corrected chi connectivity index (χ4v) is 3.33. The van der Waals surface area contributed by atoms with Crippen LogP contribution in [0, 0.1) is 5.92 Å². The summed E-state index contributed by atoms with van der Waals surface area (Å²) in [5.41, 5.74) is 0.524. The van der Waals surface area contributed by atoms with Crippen LogP contribution in [0.3, 0.4) is 0 Å². The van der Waals surface area contributed by atoms with Crippen LogP contribution < -0.4 is 5.32 Å². The third kappa shape index (κ3) is 2.17. The standard InChI is InChI=1S/C13H16BrN3O/c14-10-4-2-6-16-12(10)13(18)17-7-9-3-1-5-15-11(9)8-17/h2,4,6,9,11,15H,1,3,5,7-8H2/t9-,11+/m0/s1. The molecule has 2 fully saturated rings. The highest BCUT2D eigenvalue weighted by Gasteiger charge is 2.37. The highest BCUT2D eigenvalue weighted by Crippen LogP contribution is 2.26. The van der Waals surface area contributed by atoms with Crippen molar-refractivity contribution in [1.82, 2.24) is 15.2 Å². The number of hydrogen-bond donors (Lipinski definition) is 1. The Labute approximate surface area is 115 Å². The van der Waals surface area contributed by atoms with Crippen molar-refractivity contribution < 1.29 is 4.79 Å². The summed E-state index contributed by atoms with van der Waals surface area (Å²) in [6.07, 6.45) is 4.11. The molecule has 2 aliphatic rings. The molecule has 3 heterocycles. The molecule has 2 saturated heterocycles. The molecule has 2 aliphatic heterocycles. The zero-order chi connectivity index (χ0) is 12.5. The maximum Gasteiger partial charge on any atom is 0.273 e. The number of fused-ring (bicyclic) bond motifs is 1. The zero-order valence-electron chi connectivity index (χ0n) is 10.1. The van der Waals surface area contributed by atoms with E-state index >= 15 is 0 Å². The molecule has 18 heavy (non-hydrogen) atoms. The van der Waals surface area contributed by atoms with E-state index in [9.17, 15) is 4.79 Å². The van der Waals surface area contributed by atoms with Crippen molar-refractivity contribution in [3.8, 4) is 0 Å². The minimum absolute atomic E-state index is 0.0404. The lowest BCUT2D eigenvalue weighted by molar-refractivity contribution is 0.0779. The quantitative estimate of drug-likeness (QED) is 0.858. The van der Waals surface area contributed by atoms with Crippen LogP contribution in [0.4, 0.5) is 0 Å². The lowest BCUT2D eigenvalue weighted by Crippen LogP contribution is -2.41. The van der Waals surface area contributed by atoms with Crippen LogP contribution in [0.1, 0.15) is 23.3 Å². The van der Waals surface area contributed by atoms with Gasteiger partial charge in [-0.25, -0.2) is 4.98 Å². The second kappa shape index (κ2) is 4.97. The van der Waals surface area contributed by atoms with Gasteiger partial charge in [-0.1, -0.05) is 0 Å². The van der Waals surface area contributed by atoms with E-state index in [1.807, 2.05) is 17.0 Å². The highest BCUT2D eigenvalue weighted by atomic mass is 79.9. The molecule has 5 heteroatoms. The van der Waals surface area contributed by atoms with E-state index in [1.165, 1.54) is 12.8 Å². The molecule has 0 aromatic carbocycles. The van der Waals surface area contributed by atoms with Gasteiger partial charge in [-0.05, 0) is 53.4 Å². The molecule has 0 bridgehead atoms. The van der Waals surface area contributed by atoms with Crippen molar-refractivity contribution in [2.24, 2.45) is 5.92 Å². The number of pyridine rings is 1. The van der Waals surface area contributed by atoms with Gasteiger partial charge in [0.05, 0.1) is 0 Å². The van der Waals surface area contributed by atoms with E-state index in [4.69, 9.17) is 0 Å². The largest absolute Gasteiger partial charge is 0.335 e. The van der Waals surface area contributed by atoms with Gasteiger partial charge < -0.3 is 10.2 Å². The molecule has 2 atom stereocenters. The van der Waals surface area contributed by atoms with Gasteiger partial charge in [-0.2, -0.15) is 0 Å². The number of nitrogens with zero attached hydrogens (tertiary/aromatic N) is 2. The van der Waals surface area contributed by atoms with Crippen LogP contribution in [-0.4, -0.2) is 41.5 Å². The predicted molar refractivity (Wildman–Crippen MR) is 72.4 cm³/mol. The molecule has 1 aromatic heterocycles. The van der Waals surface area contributed by atoms with E-state index in [-0.39, 0.29) is 5.91 Å². The number of amides is 1. The topological polar surface area (TPSA) is 45.2 Å². The summed E-state index contributed by atoms with van der Waals surface area (Å²) in [5.74, 6) is 0.656. The zero-order valence-corrected chi connectivity index (χ0v) is 11.7. The van der Waals surface area contributed by atoms with Gasteiger partial charge >= 0.3 is 0 Å². The molecule has 1 aromatic rings. The Bertz CT molecular complexity index is 451. The molecule has 3 rings (SSSR count). The van der Waals surface area contributed by atoms with E-state index in [1.54, 1.807) is 6.20 Å². The predicted octanol–water partition coefficient (Wildman–Crippen LogP) is 1.67. The fraction of sp³-hybridized carbons (Fsp3) is 0.538. The molecule has 0 spiro atoms. The first-order valence-corrected chi connectivity index (χ1v) is 7.18. The van der Waals surface area contributed by atoms with Gasteiger partial charge in [0.25, 0.3) is 5.91 Å². The van der Waals surface area contributed by atoms with Crippen molar-refractivity contribution in [3.05, 3.63) is 28.5 Å². The highest BCUT2D eigenvalue weighted by molar-refractivity contribution is 9.10. The first-order valence-electron chi connectivity index (χ1n) is 6.39. The Kier molecular flexibility index (Phi) is 3.35. The minimum Gasteiger partial charge on any atom is -0.335 e. The second-order valence-electron chi connectivity index (χ2n) is 5.01. The second-order valence-corrected chi connectivity index (χ2v) is 5.86.